The fourth-order valence-electron chi connectivity index (χ4n) is 6.07. The summed E-state index contributed by atoms with van der Waals surface area (Å²) in [6.45, 7) is 1.48. The molecule has 2 aromatic heterocycles. The summed E-state index contributed by atoms with van der Waals surface area (Å²) in [5, 5.41) is 2.56. The second-order valence-electron chi connectivity index (χ2n) is 10.9. The van der Waals surface area contributed by atoms with Crippen molar-refractivity contribution in [3.63, 3.8) is 0 Å². The van der Waals surface area contributed by atoms with Crippen molar-refractivity contribution >= 4 is 37.4 Å². The third-order valence-corrected chi connectivity index (χ3v) is 9.57. The molecule has 41 heavy (non-hydrogen) atoms. The van der Waals surface area contributed by atoms with Gasteiger partial charge in [-0.25, -0.2) is 9.37 Å². The van der Waals surface area contributed by atoms with Gasteiger partial charge in [-0.2, -0.15) is 0 Å². The van der Waals surface area contributed by atoms with E-state index in [0.29, 0.717) is 11.6 Å². The maximum absolute atomic E-state index is 13.6. The summed E-state index contributed by atoms with van der Waals surface area (Å²) < 4.78 is 17.7. The Morgan fingerprint density at radius 3 is 2.54 bits per heavy atom. The molecule has 4 nitrogen and oxygen atoms in total. The second-order valence-corrected chi connectivity index (χ2v) is 11.9. The van der Waals surface area contributed by atoms with Gasteiger partial charge in [0.25, 0.3) is 5.91 Å². The monoisotopic (exact) mass is 559 g/mol. The number of fused-ring (bicyclic) bond motifs is 3. The molecule has 6 heteroatoms. The minimum Gasteiger partial charge on any atom is -0.337 e. The molecule has 0 saturated carbocycles. The average Bonchev–Trinajstić information content (AvgIpc) is 3.66. The van der Waals surface area contributed by atoms with Gasteiger partial charge in [0.2, 0.25) is 0 Å². The Kier molecular flexibility index (Phi) is 6.85. The quantitative estimate of drug-likeness (QED) is 0.205. The smallest absolute Gasteiger partial charge is 0.272 e. The van der Waals surface area contributed by atoms with Crippen LogP contribution in [-0.2, 0) is 6.42 Å². The Morgan fingerprint density at radius 1 is 0.902 bits per heavy atom. The molecule has 1 aliphatic heterocycles. The number of hydrogen-bond donors (Lipinski definition) is 0. The fourth-order valence-corrected chi connectivity index (χ4v) is 7.30. The van der Waals surface area contributed by atoms with Gasteiger partial charge in [0.1, 0.15) is 11.5 Å². The van der Waals surface area contributed by atoms with E-state index in [1.807, 2.05) is 39.0 Å². The van der Waals surface area contributed by atoms with E-state index in [4.69, 9.17) is 0 Å². The van der Waals surface area contributed by atoms with Crippen LogP contribution in [0, 0.1) is 11.7 Å². The van der Waals surface area contributed by atoms with Crippen molar-refractivity contribution in [2.75, 3.05) is 13.1 Å². The van der Waals surface area contributed by atoms with Crippen LogP contribution < -0.4 is 0 Å². The summed E-state index contributed by atoms with van der Waals surface area (Å²) >= 11 is 1.82. The molecule has 0 bridgehead atoms. The molecule has 204 valence electrons. The van der Waals surface area contributed by atoms with Crippen LogP contribution in [-0.4, -0.2) is 33.4 Å². The highest BCUT2D eigenvalue weighted by Gasteiger charge is 2.26. The van der Waals surface area contributed by atoms with Gasteiger partial charge >= 0.3 is 0 Å². The van der Waals surface area contributed by atoms with E-state index in [-0.39, 0.29) is 11.7 Å². The summed E-state index contributed by atoms with van der Waals surface area (Å²) in [6, 6.07) is 30.2. The third-order valence-electron chi connectivity index (χ3n) is 8.35. The third kappa shape index (κ3) is 5.04. The number of amides is 1. The highest BCUT2D eigenvalue weighted by molar-refractivity contribution is 7.26. The fraction of sp³-hybridized carbons (Fsp3) is 0.200. The number of carbonyl (C=O) groups is 1. The minimum absolute atomic E-state index is 0.0245. The van der Waals surface area contributed by atoms with Crippen molar-refractivity contribution in [1.29, 1.82) is 0 Å². The summed E-state index contributed by atoms with van der Waals surface area (Å²) in [5.41, 5.74) is 5.00. The van der Waals surface area contributed by atoms with Crippen molar-refractivity contribution in [3.8, 4) is 16.8 Å². The van der Waals surface area contributed by atoms with E-state index in [1.165, 1.54) is 43.4 Å². The summed E-state index contributed by atoms with van der Waals surface area (Å²) in [4.78, 5) is 20.0. The number of thiophene rings is 1. The number of aromatic nitrogens is 2. The van der Waals surface area contributed by atoms with Crippen LogP contribution in [0.3, 0.4) is 0 Å². The molecule has 0 spiro atoms. The van der Waals surface area contributed by atoms with Gasteiger partial charge in [-0.1, -0.05) is 60.7 Å². The van der Waals surface area contributed by atoms with E-state index in [1.54, 1.807) is 12.5 Å². The highest BCUT2D eigenvalue weighted by Crippen LogP contribution is 2.40. The second kappa shape index (κ2) is 10.9. The number of likely N-dealkylation sites (tertiary alicyclic amines) is 1. The molecule has 0 atom stereocenters. The van der Waals surface area contributed by atoms with Crippen LogP contribution >= 0.6 is 11.3 Å². The zero-order chi connectivity index (χ0) is 27.8. The summed E-state index contributed by atoms with van der Waals surface area (Å²) in [6.07, 6.45) is 7.39. The number of halogens is 1. The van der Waals surface area contributed by atoms with Crippen LogP contribution in [0.5, 0.6) is 0 Å². The average molecular weight is 560 g/mol. The van der Waals surface area contributed by atoms with Crippen LogP contribution in [0.1, 0.15) is 35.3 Å². The van der Waals surface area contributed by atoms with Crippen molar-refractivity contribution < 1.29 is 9.18 Å². The largest absolute Gasteiger partial charge is 0.337 e. The summed E-state index contributed by atoms with van der Waals surface area (Å²) in [5.74, 6) is 0.402. The Hall–Kier alpha value is -4.29. The normalized spacial score (nSPS) is 14.2. The van der Waals surface area contributed by atoms with E-state index >= 15 is 0 Å². The van der Waals surface area contributed by atoms with Gasteiger partial charge in [-0.3, -0.25) is 9.36 Å². The Bertz CT molecular complexity index is 1850. The zero-order valence-corrected chi connectivity index (χ0v) is 23.5. The van der Waals surface area contributed by atoms with Gasteiger partial charge in [0.05, 0.1) is 12.5 Å². The van der Waals surface area contributed by atoms with Gasteiger partial charge in [0, 0.05) is 38.9 Å². The zero-order valence-electron chi connectivity index (χ0n) is 22.7. The van der Waals surface area contributed by atoms with Crippen molar-refractivity contribution in [2.24, 2.45) is 5.92 Å². The molecule has 0 radical (unpaired) electrons. The molecule has 7 rings (SSSR count). The molecule has 6 aromatic rings. The minimum atomic E-state index is -0.194. The number of rotatable bonds is 6. The van der Waals surface area contributed by atoms with Crippen LogP contribution in [0.15, 0.2) is 104 Å². The molecular weight excluding hydrogens is 529 g/mol. The number of carbonyl (C=O) groups excluding carboxylic acids is 1. The lowest BCUT2D eigenvalue weighted by Gasteiger charge is -2.32. The Labute approximate surface area is 242 Å². The van der Waals surface area contributed by atoms with E-state index < -0.39 is 0 Å². The molecule has 0 aliphatic carbocycles. The molecule has 1 fully saturated rings. The Morgan fingerprint density at radius 2 is 1.68 bits per heavy atom. The van der Waals surface area contributed by atoms with Gasteiger partial charge in [0.15, 0.2) is 0 Å². The first kappa shape index (κ1) is 25.7. The molecule has 1 saturated heterocycles. The first-order valence-corrected chi connectivity index (χ1v) is 15.0. The number of benzene rings is 4. The van der Waals surface area contributed by atoms with Gasteiger partial charge in [-0.15, -0.1) is 11.3 Å². The van der Waals surface area contributed by atoms with E-state index in [0.717, 1.165) is 50.0 Å². The maximum atomic E-state index is 13.6. The van der Waals surface area contributed by atoms with Crippen LogP contribution in [0.4, 0.5) is 4.39 Å². The number of nitrogens with zero attached hydrogens (tertiary/aromatic N) is 3. The van der Waals surface area contributed by atoms with Crippen molar-refractivity contribution in [3.05, 3.63) is 121 Å². The number of aryl methyl sites for hydroxylation is 1. The molecule has 1 amide bonds. The van der Waals surface area contributed by atoms with Gasteiger partial charge < -0.3 is 4.90 Å². The molecule has 1 aliphatic rings. The standard InChI is InChI=1S/C35H30FN3OS/c36-27-15-13-24(14-16-27)11-12-25-17-19-38(20-18-25)35(40)32-22-37-23-39(32)28-6-3-5-26(21-28)29-8-4-9-31-30-7-1-2-10-33(30)41-34(29)31/h1-10,13-16,21-23,25H,11-12,17-20H2. The lowest BCUT2D eigenvalue weighted by Crippen LogP contribution is -2.39. The van der Waals surface area contributed by atoms with Crippen LogP contribution in [0.25, 0.3) is 37.0 Å². The summed E-state index contributed by atoms with van der Waals surface area (Å²) in [7, 11) is 0. The van der Waals surface area contributed by atoms with Crippen molar-refractivity contribution in [2.45, 2.75) is 25.7 Å². The molecule has 0 unspecified atom stereocenters. The van der Waals surface area contributed by atoms with E-state index in [9.17, 15) is 9.18 Å². The first-order valence-electron chi connectivity index (χ1n) is 14.2. The topological polar surface area (TPSA) is 38.1 Å². The predicted molar refractivity (Wildman–Crippen MR) is 165 cm³/mol. The first-order chi connectivity index (χ1) is 20.1. The number of imidazole rings is 1. The maximum Gasteiger partial charge on any atom is 0.272 e. The molecule has 4 aromatic carbocycles. The van der Waals surface area contributed by atoms with E-state index in [2.05, 4.69) is 65.6 Å². The molecule has 0 N–H and O–H groups in total. The number of hydrogen-bond acceptors (Lipinski definition) is 3. The highest BCUT2D eigenvalue weighted by atomic mass is 32.1. The Balaban J connectivity index is 1.08. The lowest BCUT2D eigenvalue weighted by atomic mass is 9.90. The number of piperidine rings is 1. The molecule has 3 heterocycles. The predicted octanol–water partition coefficient (Wildman–Crippen LogP) is 8.53. The molecular formula is C35H30FN3OS. The lowest BCUT2D eigenvalue weighted by molar-refractivity contribution is 0.0679. The van der Waals surface area contributed by atoms with Crippen LogP contribution in [0.2, 0.25) is 0 Å². The van der Waals surface area contributed by atoms with Gasteiger partial charge in [-0.05, 0) is 78.6 Å². The van der Waals surface area contributed by atoms with Crippen molar-refractivity contribution in [1.82, 2.24) is 14.5 Å². The SMILES string of the molecule is O=C(c1cncn1-c1cccc(-c2cccc3c2sc2ccccc23)c1)N1CCC(CCc2ccc(F)cc2)CC1.